The van der Waals surface area contributed by atoms with E-state index in [1.165, 1.54) is 30.3 Å². The summed E-state index contributed by atoms with van der Waals surface area (Å²) in [5.41, 5.74) is 1.20. The second-order valence-electron chi connectivity index (χ2n) is 7.60. The van der Waals surface area contributed by atoms with Crippen LogP contribution in [0.4, 0.5) is 14.9 Å². The number of urea groups is 1. The normalized spacial score (nSPS) is 16.0. The van der Waals surface area contributed by atoms with Crippen molar-refractivity contribution in [3.8, 4) is 17.2 Å². The van der Waals surface area contributed by atoms with Gasteiger partial charge in [0.25, 0.3) is 11.8 Å². The van der Waals surface area contributed by atoms with Crippen LogP contribution in [0.3, 0.4) is 0 Å². The van der Waals surface area contributed by atoms with Gasteiger partial charge in [0.15, 0.2) is 11.5 Å². The maximum absolute atomic E-state index is 13.4. The van der Waals surface area contributed by atoms with E-state index in [0.29, 0.717) is 32.8 Å². The molecule has 2 heterocycles. The highest BCUT2D eigenvalue weighted by molar-refractivity contribution is 9.10. The van der Waals surface area contributed by atoms with Crippen LogP contribution in [0.15, 0.2) is 70.7 Å². The van der Waals surface area contributed by atoms with Gasteiger partial charge in [-0.05, 0) is 69.5 Å². The number of carbonyl (C=O) groups excluding carboxylic acids is 3. The maximum atomic E-state index is 13.4. The van der Waals surface area contributed by atoms with E-state index in [1.54, 1.807) is 36.4 Å². The van der Waals surface area contributed by atoms with Gasteiger partial charge < -0.3 is 14.2 Å². The van der Waals surface area contributed by atoms with E-state index in [9.17, 15) is 18.8 Å². The van der Waals surface area contributed by atoms with Gasteiger partial charge in [-0.3, -0.25) is 14.9 Å². The Kier molecular flexibility index (Phi) is 5.96. The van der Waals surface area contributed by atoms with Crippen LogP contribution < -0.4 is 24.4 Å². The van der Waals surface area contributed by atoms with Crippen LogP contribution in [0.5, 0.6) is 17.2 Å². The first-order valence-corrected chi connectivity index (χ1v) is 11.2. The number of imide groups is 2. The van der Waals surface area contributed by atoms with Crippen molar-refractivity contribution in [2.75, 3.05) is 11.7 Å². The first-order valence-electron chi connectivity index (χ1n) is 10.4. The first kappa shape index (κ1) is 22.6. The summed E-state index contributed by atoms with van der Waals surface area (Å²) >= 11 is 3.41. The molecule has 1 N–H and O–H groups in total. The Hall–Kier alpha value is -4.18. The minimum absolute atomic E-state index is 0.0411. The lowest BCUT2D eigenvalue weighted by Gasteiger charge is -2.26. The van der Waals surface area contributed by atoms with Crippen molar-refractivity contribution in [3.63, 3.8) is 0 Å². The van der Waals surface area contributed by atoms with E-state index in [2.05, 4.69) is 21.2 Å². The van der Waals surface area contributed by atoms with Gasteiger partial charge >= 0.3 is 6.03 Å². The largest absolute Gasteiger partial charge is 0.488 e. The van der Waals surface area contributed by atoms with Crippen LogP contribution in [0.25, 0.3) is 6.08 Å². The zero-order valence-corrected chi connectivity index (χ0v) is 19.5. The fourth-order valence-corrected chi connectivity index (χ4v) is 4.11. The highest BCUT2D eigenvalue weighted by Gasteiger charge is 2.37. The van der Waals surface area contributed by atoms with Crippen LogP contribution in [-0.2, 0) is 16.2 Å². The topological polar surface area (TPSA) is 94.2 Å². The predicted molar refractivity (Wildman–Crippen MR) is 126 cm³/mol. The molecule has 0 aliphatic carbocycles. The molecule has 2 aliphatic rings. The molecule has 3 aromatic carbocycles. The molecule has 8 nitrogen and oxygen atoms in total. The number of benzene rings is 3. The van der Waals surface area contributed by atoms with Gasteiger partial charge in [0.2, 0.25) is 6.79 Å². The van der Waals surface area contributed by atoms with Crippen molar-refractivity contribution < 1.29 is 33.0 Å². The number of nitrogens with one attached hydrogen (secondary N) is 1. The molecule has 1 saturated heterocycles. The van der Waals surface area contributed by atoms with E-state index >= 15 is 0 Å². The van der Waals surface area contributed by atoms with E-state index in [4.69, 9.17) is 14.2 Å². The van der Waals surface area contributed by atoms with Crippen molar-refractivity contribution in [1.82, 2.24) is 5.32 Å². The van der Waals surface area contributed by atoms with Crippen molar-refractivity contribution >= 4 is 45.5 Å². The lowest BCUT2D eigenvalue weighted by molar-refractivity contribution is -0.122. The minimum Gasteiger partial charge on any atom is -0.488 e. The lowest BCUT2D eigenvalue weighted by atomic mass is 10.1. The molecule has 2 aliphatic heterocycles. The van der Waals surface area contributed by atoms with Crippen molar-refractivity contribution in [3.05, 3.63) is 87.7 Å². The maximum Gasteiger partial charge on any atom is 0.335 e. The third kappa shape index (κ3) is 4.60. The number of anilines is 1. The lowest BCUT2D eigenvalue weighted by Crippen LogP contribution is -2.54. The van der Waals surface area contributed by atoms with Gasteiger partial charge in [-0.25, -0.2) is 14.1 Å². The average Bonchev–Trinajstić information content (AvgIpc) is 3.29. The van der Waals surface area contributed by atoms with Gasteiger partial charge in [-0.15, -0.1) is 0 Å². The summed E-state index contributed by atoms with van der Waals surface area (Å²) in [4.78, 5) is 38.9. The van der Waals surface area contributed by atoms with Crippen LogP contribution in [0.2, 0.25) is 0 Å². The molecule has 3 aromatic rings. The van der Waals surface area contributed by atoms with Crippen molar-refractivity contribution in [1.29, 1.82) is 0 Å². The molecule has 0 unspecified atom stereocenters. The number of ether oxygens (including phenoxy) is 3. The zero-order chi connectivity index (χ0) is 24.5. The Labute approximate surface area is 207 Å². The smallest absolute Gasteiger partial charge is 0.335 e. The molecule has 0 saturated carbocycles. The second-order valence-corrected chi connectivity index (χ2v) is 8.46. The third-order valence-electron chi connectivity index (χ3n) is 5.27. The summed E-state index contributed by atoms with van der Waals surface area (Å²) < 4.78 is 30.2. The fraction of sp³-hybridized carbons (Fsp3) is 0.0800. The van der Waals surface area contributed by atoms with E-state index < -0.39 is 17.8 Å². The van der Waals surface area contributed by atoms with Crippen LogP contribution in [-0.4, -0.2) is 24.6 Å². The Morgan fingerprint density at radius 3 is 2.66 bits per heavy atom. The SMILES string of the molecule is O=C1NC(=O)N(c2ccc3c(c2)OCO3)C(=O)/C1=C/c1ccc(OCc2cccc(F)c2)c(Br)c1. The highest BCUT2D eigenvalue weighted by atomic mass is 79.9. The summed E-state index contributed by atoms with van der Waals surface area (Å²) in [6, 6.07) is 14.8. The molecule has 35 heavy (non-hydrogen) atoms. The van der Waals surface area contributed by atoms with Gasteiger partial charge in [0.1, 0.15) is 23.7 Å². The van der Waals surface area contributed by atoms with Gasteiger partial charge in [-0.1, -0.05) is 18.2 Å². The quantitative estimate of drug-likeness (QED) is 0.378. The Morgan fingerprint density at radius 1 is 1.03 bits per heavy atom. The number of hydrogen-bond acceptors (Lipinski definition) is 6. The molecular weight excluding hydrogens is 523 g/mol. The summed E-state index contributed by atoms with van der Waals surface area (Å²) in [6.45, 7) is 0.198. The number of halogens is 2. The van der Waals surface area contributed by atoms with Gasteiger partial charge in [0.05, 0.1) is 10.2 Å². The molecule has 0 aromatic heterocycles. The summed E-state index contributed by atoms with van der Waals surface area (Å²) in [5.74, 6) is -0.554. The molecule has 176 valence electrons. The van der Waals surface area contributed by atoms with Crippen molar-refractivity contribution in [2.45, 2.75) is 6.61 Å². The second kappa shape index (κ2) is 9.22. The summed E-state index contributed by atoms with van der Waals surface area (Å²) in [7, 11) is 0. The van der Waals surface area contributed by atoms with Crippen LogP contribution >= 0.6 is 15.9 Å². The predicted octanol–water partition coefficient (Wildman–Crippen LogP) is 4.56. The third-order valence-corrected chi connectivity index (χ3v) is 5.89. The summed E-state index contributed by atoms with van der Waals surface area (Å²) in [6.07, 6.45) is 1.38. The first-order chi connectivity index (χ1) is 16.9. The number of carbonyl (C=O) groups is 3. The summed E-state index contributed by atoms with van der Waals surface area (Å²) in [5, 5.41) is 2.19. The molecule has 10 heteroatoms. The molecule has 0 radical (unpaired) electrons. The highest BCUT2D eigenvalue weighted by Crippen LogP contribution is 2.36. The molecule has 0 spiro atoms. The molecular formula is C25H16BrFN2O6. The minimum atomic E-state index is -0.863. The fourth-order valence-electron chi connectivity index (χ4n) is 3.59. The number of fused-ring (bicyclic) bond motifs is 1. The average molecular weight is 539 g/mol. The van der Waals surface area contributed by atoms with E-state index in [0.717, 1.165) is 4.90 Å². The number of amides is 4. The van der Waals surface area contributed by atoms with Crippen LogP contribution in [0.1, 0.15) is 11.1 Å². The molecule has 4 amide bonds. The molecule has 5 rings (SSSR count). The molecule has 1 fully saturated rings. The van der Waals surface area contributed by atoms with Crippen LogP contribution in [0, 0.1) is 5.82 Å². The number of barbiturate groups is 1. The van der Waals surface area contributed by atoms with E-state index in [-0.39, 0.29) is 30.5 Å². The van der Waals surface area contributed by atoms with Crippen molar-refractivity contribution in [2.24, 2.45) is 0 Å². The number of rotatable bonds is 5. The monoisotopic (exact) mass is 538 g/mol. The standard InChI is InChI=1S/C25H16BrFN2O6/c26-19-10-14(4-6-20(19)33-12-15-2-1-3-16(27)8-15)9-18-23(30)28-25(32)29(24(18)31)17-5-7-21-22(11-17)35-13-34-21/h1-11H,12-13H2,(H,28,30,32)/b18-9+. The zero-order valence-electron chi connectivity index (χ0n) is 17.9. The van der Waals surface area contributed by atoms with E-state index in [1.807, 2.05) is 0 Å². The molecule has 0 bridgehead atoms. The van der Waals surface area contributed by atoms with Gasteiger partial charge in [-0.2, -0.15) is 0 Å². The Bertz CT molecular complexity index is 1410. The number of nitrogens with zero attached hydrogens (tertiary/aromatic N) is 1. The molecule has 0 atom stereocenters. The Morgan fingerprint density at radius 2 is 1.86 bits per heavy atom. The van der Waals surface area contributed by atoms with Gasteiger partial charge in [0, 0.05) is 6.07 Å². The Balaban J connectivity index is 1.37. The number of hydrogen-bond donors (Lipinski definition) is 1.